The van der Waals surface area contributed by atoms with Gasteiger partial charge >= 0.3 is 0 Å². The van der Waals surface area contributed by atoms with Gasteiger partial charge in [0.15, 0.2) is 5.96 Å². The summed E-state index contributed by atoms with van der Waals surface area (Å²) in [7, 11) is 2.22. The monoisotopic (exact) mass is 359 g/mol. The number of guanidine groups is 1. The molecule has 0 atom stereocenters. The van der Waals surface area contributed by atoms with Gasteiger partial charge in [-0.25, -0.2) is 4.99 Å². The fraction of sp³-hybridized carbons (Fsp3) is 0.667. The van der Waals surface area contributed by atoms with Crippen LogP contribution < -0.4 is 10.6 Å². The first-order valence-electron chi connectivity index (χ1n) is 10.2. The van der Waals surface area contributed by atoms with Gasteiger partial charge in [-0.15, -0.1) is 0 Å². The molecule has 0 spiro atoms. The van der Waals surface area contributed by atoms with Crippen molar-refractivity contribution in [3.8, 4) is 0 Å². The summed E-state index contributed by atoms with van der Waals surface area (Å²) in [6.45, 7) is 12.9. The second-order valence-electron chi connectivity index (χ2n) is 7.10. The minimum Gasteiger partial charge on any atom is -0.357 e. The Kier molecular flexibility index (Phi) is 9.50. The lowest BCUT2D eigenvalue weighted by molar-refractivity contribution is 0.274. The zero-order valence-corrected chi connectivity index (χ0v) is 16.9. The van der Waals surface area contributed by atoms with Gasteiger partial charge in [-0.05, 0) is 64.0 Å². The van der Waals surface area contributed by atoms with E-state index in [1.54, 1.807) is 0 Å². The predicted molar refractivity (Wildman–Crippen MR) is 112 cm³/mol. The Morgan fingerprint density at radius 2 is 1.85 bits per heavy atom. The Morgan fingerprint density at radius 1 is 1.04 bits per heavy atom. The summed E-state index contributed by atoms with van der Waals surface area (Å²) in [6.07, 6.45) is 3.49. The number of rotatable bonds is 8. The molecule has 0 amide bonds. The highest BCUT2D eigenvalue weighted by Gasteiger charge is 2.11. The van der Waals surface area contributed by atoms with Crippen molar-refractivity contribution < 1.29 is 0 Å². The molecule has 1 heterocycles. The van der Waals surface area contributed by atoms with E-state index in [2.05, 4.69) is 65.6 Å². The maximum Gasteiger partial charge on any atom is 0.191 e. The molecule has 1 aliphatic rings. The number of aliphatic imine (C=N–C) groups is 1. The summed E-state index contributed by atoms with van der Waals surface area (Å²) in [5, 5.41) is 6.86. The number of hydrogen-bond donors (Lipinski definition) is 2. The molecule has 1 aromatic rings. The predicted octanol–water partition coefficient (Wildman–Crippen LogP) is 2.33. The maximum absolute atomic E-state index is 4.78. The average molecular weight is 360 g/mol. The Hall–Kier alpha value is -1.59. The molecule has 0 aliphatic carbocycles. The molecule has 0 saturated carbocycles. The topological polar surface area (TPSA) is 42.9 Å². The molecule has 1 saturated heterocycles. The molecule has 2 rings (SSSR count). The number of nitrogens with one attached hydrogen (secondary N) is 2. The Morgan fingerprint density at radius 3 is 2.62 bits per heavy atom. The van der Waals surface area contributed by atoms with E-state index >= 15 is 0 Å². The second kappa shape index (κ2) is 11.9. The van der Waals surface area contributed by atoms with E-state index in [1.807, 2.05) is 0 Å². The molecule has 0 bridgehead atoms. The van der Waals surface area contributed by atoms with Crippen molar-refractivity contribution in [1.29, 1.82) is 0 Å². The highest BCUT2D eigenvalue weighted by molar-refractivity contribution is 5.79. The molecule has 2 N–H and O–H groups in total. The first kappa shape index (κ1) is 20.7. The van der Waals surface area contributed by atoms with Crippen molar-refractivity contribution in [1.82, 2.24) is 20.4 Å². The van der Waals surface area contributed by atoms with Gasteiger partial charge in [0, 0.05) is 26.2 Å². The van der Waals surface area contributed by atoms with Gasteiger partial charge in [0.25, 0.3) is 0 Å². The van der Waals surface area contributed by atoms with Gasteiger partial charge in [-0.3, -0.25) is 0 Å². The smallest absolute Gasteiger partial charge is 0.191 e. The average Bonchev–Trinajstić information content (AvgIpc) is 2.87. The molecule has 26 heavy (non-hydrogen) atoms. The molecular weight excluding hydrogens is 322 g/mol. The van der Waals surface area contributed by atoms with Crippen LogP contribution in [0.1, 0.15) is 37.8 Å². The van der Waals surface area contributed by atoms with Crippen LogP contribution in [0.15, 0.2) is 29.3 Å². The van der Waals surface area contributed by atoms with Crippen LogP contribution in [0.4, 0.5) is 0 Å². The second-order valence-corrected chi connectivity index (χ2v) is 7.10. The van der Waals surface area contributed by atoms with E-state index in [0.717, 1.165) is 38.4 Å². The lowest BCUT2D eigenvalue weighted by Gasteiger charge is -2.20. The summed E-state index contributed by atoms with van der Waals surface area (Å²) in [5.41, 5.74) is 2.71. The SMILES string of the molecule is CCNC(=NCc1ccccc1CC)NCCCN1CCCN(C)CC1. The Balaban J connectivity index is 1.76. The third kappa shape index (κ3) is 7.34. The third-order valence-corrected chi connectivity index (χ3v) is 5.01. The standard InChI is InChI=1S/C21H37N5/c1-4-19-10-6-7-11-20(19)18-24-21(22-5-2)23-12-8-14-26-15-9-13-25(3)16-17-26/h6-7,10-11H,4-5,8-9,12-18H2,1-3H3,(H2,22,23,24). The highest BCUT2D eigenvalue weighted by atomic mass is 15.2. The number of nitrogens with zero attached hydrogens (tertiary/aromatic N) is 3. The van der Waals surface area contributed by atoms with Gasteiger partial charge in [0.2, 0.25) is 0 Å². The van der Waals surface area contributed by atoms with Crippen LogP contribution in [-0.2, 0) is 13.0 Å². The minimum atomic E-state index is 0.734. The molecule has 5 nitrogen and oxygen atoms in total. The molecule has 1 aliphatic heterocycles. The van der Waals surface area contributed by atoms with Crippen LogP contribution in [0.2, 0.25) is 0 Å². The van der Waals surface area contributed by atoms with Crippen LogP contribution in [-0.4, -0.2) is 68.6 Å². The number of hydrogen-bond acceptors (Lipinski definition) is 3. The van der Waals surface area contributed by atoms with Gasteiger partial charge in [-0.1, -0.05) is 31.2 Å². The molecule has 1 aromatic carbocycles. The van der Waals surface area contributed by atoms with Gasteiger partial charge < -0.3 is 20.4 Å². The maximum atomic E-state index is 4.78. The van der Waals surface area contributed by atoms with Crippen LogP contribution in [0, 0.1) is 0 Å². The van der Waals surface area contributed by atoms with Crippen molar-refractivity contribution in [2.45, 2.75) is 39.7 Å². The molecule has 0 unspecified atom stereocenters. The lowest BCUT2D eigenvalue weighted by Crippen LogP contribution is -2.39. The quantitative estimate of drug-likeness (QED) is 0.425. The van der Waals surface area contributed by atoms with E-state index in [1.165, 1.54) is 50.3 Å². The summed E-state index contributed by atoms with van der Waals surface area (Å²) < 4.78 is 0. The molecule has 0 radical (unpaired) electrons. The van der Waals surface area contributed by atoms with Gasteiger partial charge in [0.1, 0.15) is 0 Å². The number of aryl methyl sites for hydroxylation is 1. The van der Waals surface area contributed by atoms with Crippen molar-refractivity contribution in [2.24, 2.45) is 4.99 Å². The first-order valence-corrected chi connectivity index (χ1v) is 10.2. The number of benzene rings is 1. The third-order valence-electron chi connectivity index (χ3n) is 5.01. The van der Waals surface area contributed by atoms with Crippen molar-refractivity contribution >= 4 is 5.96 Å². The summed E-state index contributed by atoms with van der Waals surface area (Å²) >= 11 is 0. The highest BCUT2D eigenvalue weighted by Crippen LogP contribution is 2.10. The zero-order valence-electron chi connectivity index (χ0n) is 16.9. The molecule has 0 aromatic heterocycles. The van der Waals surface area contributed by atoms with Crippen molar-refractivity contribution in [3.63, 3.8) is 0 Å². The van der Waals surface area contributed by atoms with E-state index in [0.29, 0.717) is 0 Å². The summed E-state index contributed by atoms with van der Waals surface area (Å²) in [5.74, 6) is 0.925. The molecule has 1 fully saturated rings. The minimum absolute atomic E-state index is 0.734. The largest absolute Gasteiger partial charge is 0.357 e. The van der Waals surface area contributed by atoms with E-state index < -0.39 is 0 Å². The molecule has 146 valence electrons. The molecular formula is C21H37N5. The summed E-state index contributed by atoms with van der Waals surface area (Å²) in [6, 6.07) is 8.59. The first-order chi connectivity index (χ1) is 12.7. The van der Waals surface area contributed by atoms with E-state index in [4.69, 9.17) is 4.99 Å². The van der Waals surface area contributed by atoms with E-state index in [-0.39, 0.29) is 0 Å². The lowest BCUT2D eigenvalue weighted by atomic mass is 10.1. The Bertz CT molecular complexity index is 543. The van der Waals surface area contributed by atoms with Crippen LogP contribution in [0.5, 0.6) is 0 Å². The zero-order chi connectivity index (χ0) is 18.6. The van der Waals surface area contributed by atoms with Crippen molar-refractivity contribution in [2.75, 3.05) is 52.9 Å². The van der Waals surface area contributed by atoms with Crippen LogP contribution >= 0.6 is 0 Å². The fourth-order valence-corrected chi connectivity index (χ4v) is 3.40. The normalized spacial score (nSPS) is 17.1. The number of likely N-dealkylation sites (N-methyl/N-ethyl adjacent to an activating group) is 1. The van der Waals surface area contributed by atoms with Gasteiger partial charge in [0.05, 0.1) is 6.54 Å². The fourth-order valence-electron chi connectivity index (χ4n) is 3.40. The van der Waals surface area contributed by atoms with Gasteiger partial charge in [-0.2, -0.15) is 0 Å². The van der Waals surface area contributed by atoms with Crippen molar-refractivity contribution in [3.05, 3.63) is 35.4 Å². The van der Waals surface area contributed by atoms with E-state index in [9.17, 15) is 0 Å². The summed E-state index contributed by atoms with van der Waals surface area (Å²) in [4.78, 5) is 9.80. The molecule has 5 heteroatoms. The van der Waals surface area contributed by atoms with Crippen LogP contribution in [0.25, 0.3) is 0 Å². The Labute approximate surface area is 159 Å². The van der Waals surface area contributed by atoms with Crippen LogP contribution in [0.3, 0.4) is 0 Å².